The zero-order valence-electron chi connectivity index (χ0n) is 16.6. The summed E-state index contributed by atoms with van der Waals surface area (Å²) in [6, 6.07) is 16.1. The molecule has 1 atom stereocenters. The van der Waals surface area contributed by atoms with Crippen LogP contribution >= 0.6 is 0 Å². The van der Waals surface area contributed by atoms with E-state index in [1.165, 1.54) is 0 Å². The fraction of sp³-hybridized carbons (Fsp3) is 0.458. The lowest BCUT2D eigenvalue weighted by atomic mass is 9.76. The van der Waals surface area contributed by atoms with Crippen molar-refractivity contribution >= 4 is 5.78 Å². The predicted octanol–water partition coefficient (Wildman–Crippen LogP) is 5.67. The van der Waals surface area contributed by atoms with Gasteiger partial charge in [-0.3, -0.25) is 4.79 Å². The molecule has 0 N–H and O–H groups in total. The van der Waals surface area contributed by atoms with Gasteiger partial charge in [0.15, 0.2) is 5.78 Å². The molecule has 27 heavy (non-hydrogen) atoms. The Morgan fingerprint density at radius 2 is 1.56 bits per heavy atom. The highest BCUT2D eigenvalue weighted by molar-refractivity contribution is 6.01. The van der Waals surface area contributed by atoms with Crippen molar-refractivity contribution in [3.8, 4) is 16.9 Å². The third-order valence-electron chi connectivity index (χ3n) is 5.64. The molecule has 0 radical (unpaired) electrons. The molecular weight excluding hydrogens is 336 g/mol. The van der Waals surface area contributed by atoms with E-state index in [-0.39, 0.29) is 23.1 Å². The lowest BCUT2D eigenvalue weighted by molar-refractivity contribution is -0.183. The third-order valence-corrected chi connectivity index (χ3v) is 5.64. The van der Waals surface area contributed by atoms with Crippen LogP contribution in [0.15, 0.2) is 48.5 Å². The van der Waals surface area contributed by atoms with Crippen LogP contribution in [0.5, 0.6) is 5.75 Å². The molecule has 142 valence electrons. The topological polar surface area (TPSA) is 35.5 Å². The van der Waals surface area contributed by atoms with Crippen molar-refractivity contribution < 1.29 is 14.3 Å². The molecule has 3 heteroatoms. The van der Waals surface area contributed by atoms with Crippen LogP contribution in [0.4, 0.5) is 0 Å². The van der Waals surface area contributed by atoms with E-state index in [4.69, 9.17) is 9.47 Å². The van der Waals surface area contributed by atoms with Gasteiger partial charge >= 0.3 is 0 Å². The van der Waals surface area contributed by atoms with Gasteiger partial charge in [0.2, 0.25) is 0 Å². The second-order valence-electron chi connectivity index (χ2n) is 9.15. The van der Waals surface area contributed by atoms with E-state index in [0.717, 1.165) is 29.7 Å². The van der Waals surface area contributed by atoms with Gasteiger partial charge in [0.05, 0.1) is 16.8 Å². The second kappa shape index (κ2) is 6.49. The first-order valence-corrected chi connectivity index (χ1v) is 9.82. The largest absolute Gasteiger partial charge is 0.489 e. The molecule has 1 saturated heterocycles. The molecule has 2 aliphatic heterocycles. The van der Waals surface area contributed by atoms with Crippen molar-refractivity contribution in [2.45, 2.75) is 64.3 Å². The average molecular weight is 364 g/mol. The van der Waals surface area contributed by atoms with E-state index in [0.29, 0.717) is 17.9 Å². The van der Waals surface area contributed by atoms with Gasteiger partial charge in [-0.2, -0.15) is 0 Å². The van der Waals surface area contributed by atoms with Gasteiger partial charge in [0, 0.05) is 12.3 Å². The first-order chi connectivity index (χ1) is 12.7. The molecule has 2 heterocycles. The maximum Gasteiger partial charge on any atom is 0.170 e. The minimum Gasteiger partial charge on any atom is -0.489 e. The Kier molecular flexibility index (Phi) is 4.38. The van der Waals surface area contributed by atoms with Gasteiger partial charge in [-0.25, -0.2) is 0 Å². The van der Waals surface area contributed by atoms with E-state index < -0.39 is 0 Å². The van der Waals surface area contributed by atoms with Crippen molar-refractivity contribution in [1.29, 1.82) is 0 Å². The maximum absolute atomic E-state index is 12.9. The smallest absolute Gasteiger partial charge is 0.170 e. The van der Waals surface area contributed by atoms with Crippen LogP contribution in [0.2, 0.25) is 0 Å². The Morgan fingerprint density at radius 3 is 2.22 bits per heavy atom. The maximum atomic E-state index is 12.9. The Hall–Kier alpha value is -2.13. The summed E-state index contributed by atoms with van der Waals surface area (Å²) >= 11 is 0. The van der Waals surface area contributed by atoms with E-state index in [9.17, 15) is 4.79 Å². The highest BCUT2D eigenvalue weighted by Crippen LogP contribution is 2.43. The standard InChI is InChI=1S/C24H28O3/c1-23(2)14-18(15-24(3,4)27-23)22-13-20(25)19-12-17(10-11-21(19)26-22)16-8-6-5-7-9-16/h5-12,18,22H,13-15H2,1-4H3. The van der Waals surface area contributed by atoms with Crippen LogP contribution < -0.4 is 4.74 Å². The quantitative estimate of drug-likeness (QED) is 0.688. The summed E-state index contributed by atoms with van der Waals surface area (Å²) in [5, 5.41) is 0. The number of Topliss-reactive ketones (excluding diaryl/α,β-unsaturated/α-hetero) is 1. The number of benzene rings is 2. The number of carbonyl (C=O) groups is 1. The Morgan fingerprint density at radius 1 is 0.889 bits per heavy atom. The first-order valence-electron chi connectivity index (χ1n) is 9.82. The van der Waals surface area contributed by atoms with Gasteiger partial charge in [0.25, 0.3) is 0 Å². The van der Waals surface area contributed by atoms with Crippen LogP contribution in [0, 0.1) is 5.92 Å². The second-order valence-corrected chi connectivity index (χ2v) is 9.15. The van der Waals surface area contributed by atoms with Crippen molar-refractivity contribution in [2.24, 2.45) is 5.92 Å². The predicted molar refractivity (Wildman–Crippen MR) is 107 cm³/mol. The normalized spacial score (nSPS) is 24.1. The fourth-order valence-electron chi connectivity index (χ4n) is 4.85. The molecule has 0 aromatic heterocycles. The molecule has 0 spiro atoms. The number of hydrogen-bond donors (Lipinski definition) is 0. The summed E-state index contributed by atoms with van der Waals surface area (Å²) in [7, 11) is 0. The monoisotopic (exact) mass is 364 g/mol. The van der Waals surface area contributed by atoms with E-state index in [2.05, 4.69) is 39.8 Å². The first kappa shape index (κ1) is 18.2. The summed E-state index contributed by atoms with van der Waals surface area (Å²) in [6.45, 7) is 8.52. The van der Waals surface area contributed by atoms with Crippen LogP contribution in [0.25, 0.3) is 11.1 Å². The molecule has 4 rings (SSSR count). The number of hydrogen-bond acceptors (Lipinski definition) is 3. The summed E-state index contributed by atoms with van der Waals surface area (Å²) < 4.78 is 12.5. The number of ether oxygens (including phenoxy) is 2. The van der Waals surface area contributed by atoms with Crippen molar-refractivity contribution in [1.82, 2.24) is 0 Å². The van der Waals surface area contributed by atoms with E-state index >= 15 is 0 Å². The lowest BCUT2D eigenvalue weighted by Gasteiger charge is -2.47. The third kappa shape index (κ3) is 3.79. The molecule has 1 fully saturated rings. The van der Waals surface area contributed by atoms with Gasteiger partial charge in [0.1, 0.15) is 11.9 Å². The molecule has 1 unspecified atom stereocenters. The SMILES string of the molecule is CC1(C)CC(C2CC(=O)c3cc(-c4ccccc4)ccc3O2)CC(C)(C)O1. The summed E-state index contributed by atoms with van der Waals surface area (Å²) in [5.41, 5.74) is 2.48. The van der Waals surface area contributed by atoms with E-state index in [1.807, 2.05) is 36.4 Å². The highest BCUT2D eigenvalue weighted by atomic mass is 16.5. The number of carbonyl (C=O) groups excluding carboxylic acids is 1. The minimum absolute atomic E-state index is 0.0741. The summed E-state index contributed by atoms with van der Waals surface area (Å²) in [6.07, 6.45) is 2.19. The van der Waals surface area contributed by atoms with Crippen molar-refractivity contribution in [3.05, 3.63) is 54.1 Å². The highest BCUT2D eigenvalue weighted by Gasteiger charge is 2.44. The van der Waals surface area contributed by atoms with Gasteiger partial charge in [-0.05, 0) is 63.8 Å². The van der Waals surface area contributed by atoms with Gasteiger partial charge in [-0.1, -0.05) is 36.4 Å². The van der Waals surface area contributed by atoms with Crippen LogP contribution in [-0.4, -0.2) is 23.1 Å². The van der Waals surface area contributed by atoms with Crippen molar-refractivity contribution in [3.63, 3.8) is 0 Å². The van der Waals surface area contributed by atoms with Gasteiger partial charge < -0.3 is 9.47 Å². The van der Waals surface area contributed by atoms with Crippen molar-refractivity contribution in [2.75, 3.05) is 0 Å². The molecule has 2 aromatic carbocycles. The number of fused-ring (bicyclic) bond motifs is 1. The number of rotatable bonds is 2. The summed E-state index contributed by atoms with van der Waals surface area (Å²) in [4.78, 5) is 12.9. The molecule has 0 amide bonds. The zero-order chi connectivity index (χ0) is 19.2. The van der Waals surface area contributed by atoms with Crippen LogP contribution in [0.1, 0.15) is 57.3 Å². The molecule has 3 nitrogen and oxygen atoms in total. The Bertz CT molecular complexity index is 835. The minimum atomic E-state index is -0.198. The molecule has 2 aromatic rings. The fourth-order valence-corrected chi connectivity index (χ4v) is 4.85. The molecule has 0 aliphatic carbocycles. The molecule has 2 aliphatic rings. The Labute approximate surface area is 161 Å². The Balaban J connectivity index is 1.60. The van der Waals surface area contributed by atoms with E-state index in [1.54, 1.807) is 0 Å². The number of ketones is 1. The zero-order valence-corrected chi connectivity index (χ0v) is 16.6. The van der Waals surface area contributed by atoms with Crippen LogP contribution in [0.3, 0.4) is 0 Å². The average Bonchev–Trinajstić information content (AvgIpc) is 2.59. The molecule has 0 bridgehead atoms. The summed E-state index contributed by atoms with van der Waals surface area (Å²) in [5.74, 6) is 1.22. The van der Waals surface area contributed by atoms with Crippen LogP contribution in [-0.2, 0) is 4.74 Å². The lowest BCUT2D eigenvalue weighted by Crippen LogP contribution is -2.50. The van der Waals surface area contributed by atoms with Gasteiger partial charge in [-0.15, -0.1) is 0 Å². The molecule has 0 saturated carbocycles. The molecular formula is C24H28O3.